The maximum atomic E-state index is 10.5. The molecular weight excluding hydrogens is 222 g/mol. The van der Waals surface area contributed by atoms with Gasteiger partial charge in [0.2, 0.25) is 0 Å². The molecular formula is C8H10BrNO2. The third-order valence-corrected chi connectivity index (χ3v) is 1.74. The molecule has 1 N–H and O–H groups in total. The zero-order valence-electron chi connectivity index (χ0n) is 6.59. The molecule has 0 atom stereocenters. The van der Waals surface area contributed by atoms with Gasteiger partial charge >= 0.3 is 5.97 Å². The molecule has 12 heavy (non-hydrogen) atoms. The van der Waals surface area contributed by atoms with Crippen molar-refractivity contribution in [1.82, 2.24) is 0 Å². The van der Waals surface area contributed by atoms with Crippen LogP contribution in [-0.2, 0) is 4.79 Å². The molecule has 0 fully saturated rings. The van der Waals surface area contributed by atoms with Crippen LogP contribution < -0.4 is 0 Å². The number of hydrogen-bond acceptors (Lipinski definition) is 2. The molecule has 0 spiro atoms. The minimum Gasteiger partial charge on any atom is -0.478 e. The Balaban J connectivity index is 4.05. The monoisotopic (exact) mass is 231 g/mol. The zero-order valence-corrected chi connectivity index (χ0v) is 8.17. The Hall–Kier alpha value is -0.820. The first-order chi connectivity index (χ1) is 5.72. The number of carbonyl (C=O) groups is 1. The summed E-state index contributed by atoms with van der Waals surface area (Å²) in [6, 6.07) is 1.91. The molecule has 0 saturated carbocycles. The highest BCUT2D eigenvalue weighted by molar-refractivity contribution is 9.09. The fourth-order valence-corrected chi connectivity index (χ4v) is 0.945. The van der Waals surface area contributed by atoms with Gasteiger partial charge in [0, 0.05) is 17.3 Å². The van der Waals surface area contributed by atoms with Crippen LogP contribution in [0.2, 0.25) is 0 Å². The van der Waals surface area contributed by atoms with E-state index in [4.69, 9.17) is 10.4 Å². The first-order valence-electron chi connectivity index (χ1n) is 3.57. The molecule has 0 saturated heterocycles. The number of hydrogen-bond donors (Lipinski definition) is 1. The lowest BCUT2D eigenvalue weighted by molar-refractivity contribution is -0.132. The van der Waals surface area contributed by atoms with E-state index in [1.54, 1.807) is 6.08 Å². The summed E-state index contributed by atoms with van der Waals surface area (Å²) >= 11 is 3.19. The quantitative estimate of drug-likeness (QED) is 0.583. The predicted octanol–water partition coefficient (Wildman–Crippen LogP) is 2.09. The van der Waals surface area contributed by atoms with E-state index in [9.17, 15) is 4.79 Å². The minimum atomic E-state index is -0.925. The molecule has 0 radical (unpaired) electrons. The number of alkyl halides is 1. The standard InChI is InChI=1S/C8H10BrNO2/c9-5-1-3-7(8(11)12)4-2-6-10/h3H,1-2,4-5H2,(H,11,12). The largest absolute Gasteiger partial charge is 0.478 e. The van der Waals surface area contributed by atoms with E-state index >= 15 is 0 Å². The number of rotatable bonds is 5. The lowest BCUT2D eigenvalue weighted by Gasteiger charge is -1.96. The van der Waals surface area contributed by atoms with Crippen molar-refractivity contribution in [2.75, 3.05) is 5.33 Å². The van der Waals surface area contributed by atoms with E-state index in [1.165, 1.54) is 0 Å². The van der Waals surface area contributed by atoms with Gasteiger partial charge in [-0.05, 0) is 12.8 Å². The Bertz CT molecular complexity index is 218. The van der Waals surface area contributed by atoms with Crippen molar-refractivity contribution in [1.29, 1.82) is 5.26 Å². The van der Waals surface area contributed by atoms with Crippen molar-refractivity contribution in [3.05, 3.63) is 11.6 Å². The fraction of sp³-hybridized carbons (Fsp3) is 0.500. The lowest BCUT2D eigenvalue weighted by Crippen LogP contribution is -2.00. The summed E-state index contributed by atoms with van der Waals surface area (Å²) in [5.41, 5.74) is 0.330. The molecule has 3 nitrogen and oxygen atoms in total. The van der Waals surface area contributed by atoms with Gasteiger partial charge in [-0.15, -0.1) is 0 Å². The third kappa shape index (κ3) is 4.91. The average molecular weight is 232 g/mol. The smallest absolute Gasteiger partial charge is 0.331 e. The van der Waals surface area contributed by atoms with Crippen LogP contribution in [0.4, 0.5) is 0 Å². The second-order valence-corrected chi connectivity index (χ2v) is 2.96. The zero-order chi connectivity index (χ0) is 9.40. The predicted molar refractivity (Wildman–Crippen MR) is 49.0 cm³/mol. The number of carboxylic acid groups (broad SMARTS) is 1. The normalized spacial score (nSPS) is 10.8. The van der Waals surface area contributed by atoms with E-state index in [-0.39, 0.29) is 6.42 Å². The van der Waals surface area contributed by atoms with Gasteiger partial charge in [-0.25, -0.2) is 4.79 Å². The Kier molecular flexibility index (Phi) is 6.39. The van der Waals surface area contributed by atoms with E-state index in [0.717, 1.165) is 5.33 Å². The van der Waals surface area contributed by atoms with Crippen LogP contribution in [-0.4, -0.2) is 16.4 Å². The summed E-state index contributed by atoms with van der Waals surface area (Å²) in [6.07, 6.45) is 2.93. The number of allylic oxidation sites excluding steroid dienone is 1. The van der Waals surface area contributed by atoms with Crippen molar-refractivity contribution >= 4 is 21.9 Å². The van der Waals surface area contributed by atoms with Crippen LogP contribution in [0.25, 0.3) is 0 Å². The van der Waals surface area contributed by atoms with Gasteiger partial charge in [-0.3, -0.25) is 0 Å². The van der Waals surface area contributed by atoms with Crippen LogP contribution in [0, 0.1) is 11.3 Å². The van der Waals surface area contributed by atoms with Crippen LogP contribution in [0.5, 0.6) is 0 Å². The van der Waals surface area contributed by atoms with Crippen molar-refractivity contribution in [3.63, 3.8) is 0 Å². The molecule has 66 valence electrons. The van der Waals surface area contributed by atoms with Crippen LogP contribution >= 0.6 is 15.9 Å². The number of aliphatic carboxylic acids is 1. The molecule has 0 aliphatic rings. The van der Waals surface area contributed by atoms with Crippen molar-refractivity contribution in [3.8, 4) is 6.07 Å². The highest BCUT2D eigenvalue weighted by atomic mass is 79.9. The van der Waals surface area contributed by atoms with Gasteiger partial charge in [0.25, 0.3) is 0 Å². The highest BCUT2D eigenvalue weighted by Crippen LogP contribution is 2.06. The summed E-state index contributed by atoms with van der Waals surface area (Å²) in [5.74, 6) is -0.925. The summed E-state index contributed by atoms with van der Waals surface area (Å²) in [7, 11) is 0. The number of nitriles is 1. The summed E-state index contributed by atoms with van der Waals surface area (Å²) in [5, 5.41) is 17.6. The van der Waals surface area contributed by atoms with E-state index in [2.05, 4.69) is 15.9 Å². The first-order valence-corrected chi connectivity index (χ1v) is 4.69. The molecule has 0 bridgehead atoms. The lowest BCUT2D eigenvalue weighted by atomic mass is 10.1. The Labute approximate surface area is 79.8 Å². The Morgan fingerprint density at radius 2 is 2.33 bits per heavy atom. The maximum Gasteiger partial charge on any atom is 0.331 e. The maximum absolute atomic E-state index is 10.5. The summed E-state index contributed by atoms with van der Waals surface area (Å²) in [4.78, 5) is 10.5. The highest BCUT2D eigenvalue weighted by Gasteiger charge is 2.04. The Morgan fingerprint density at radius 1 is 1.67 bits per heavy atom. The second kappa shape index (κ2) is 6.86. The minimum absolute atomic E-state index is 0.264. The van der Waals surface area contributed by atoms with Gasteiger partial charge in [0.05, 0.1) is 6.07 Å². The van der Waals surface area contributed by atoms with E-state index in [0.29, 0.717) is 18.4 Å². The summed E-state index contributed by atoms with van der Waals surface area (Å²) < 4.78 is 0. The molecule has 0 rings (SSSR count). The molecule has 0 amide bonds. The Morgan fingerprint density at radius 3 is 2.75 bits per heavy atom. The topological polar surface area (TPSA) is 61.1 Å². The fourth-order valence-electron chi connectivity index (χ4n) is 0.716. The first kappa shape index (κ1) is 11.2. The van der Waals surface area contributed by atoms with Gasteiger partial charge in [-0.1, -0.05) is 22.0 Å². The summed E-state index contributed by atoms with van der Waals surface area (Å²) in [6.45, 7) is 0. The molecule has 0 heterocycles. The van der Waals surface area contributed by atoms with Crippen molar-refractivity contribution in [2.24, 2.45) is 0 Å². The molecule has 0 aliphatic carbocycles. The molecule has 0 aromatic heterocycles. The van der Waals surface area contributed by atoms with Crippen LogP contribution in [0.1, 0.15) is 19.3 Å². The van der Waals surface area contributed by atoms with Gasteiger partial charge in [0.1, 0.15) is 0 Å². The van der Waals surface area contributed by atoms with Crippen LogP contribution in [0.3, 0.4) is 0 Å². The van der Waals surface area contributed by atoms with Crippen molar-refractivity contribution < 1.29 is 9.90 Å². The SMILES string of the molecule is N#CCCC(=CCCBr)C(=O)O. The molecule has 0 aliphatic heterocycles. The van der Waals surface area contributed by atoms with Gasteiger partial charge in [0.15, 0.2) is 0 Å². The molecule has 0 unspecified atom stereocenters. The third-order valence-electron chi connectivity index (χ3n) is 1.28. The van der Waals surface area contributed by atoms with Crippen LogP contribution in [0.15, 0.2) is 11.6 Å². The van der Waals surface area contributed by atoms with Gasteiger partial charge < -0.3 is 5.11 Å². The molecule has 0 aromatic carbocycles. The molecule has 0 aromatic rings. The van der Waals surface area contributed by atoms with Crippen molar-refractivity contribution in [2.45, 2.75) is 19.3 Å². The number of nitrogens with zero attached hydrogens (tertiary/aromatic N) is 1. The number of carboxylic acids is 1. The molecule has 4 heteroatoms. The average Bonchev–Trinajstić information content (AvgIpc) is 2.04. The van der Waals surface area contributed by atoms with E-state index in [1.807, 2.05) is 6.07 Å². The van der Waals surface area contributed by atoms with E-state index < -0.39 is 5.97 Å². The van der Waals surface area contributed by atoms with Gasteiger partial charge in [-0.2, -0.15) is 5.26 Å². The number of halogens is 1. The second-order valence-electron chi connectivity index (χ2n) is 2.17.